The Bertz CT molecular complexity index is 1350. The van der Waals surface area contributed by atoms with Crippen LogP contribution in [0.15, 0.2) is 53.8 Å². The van der Waals surface area contributed by atoms with Crippen molar-refractivity contribution in [3.63, 3.8) is 0 Å². The van der Waals surface area contributed by atoms with E-state index in [1.807, 2.05) is 31.2 Å². The summed E-state index contributed by atoms with van der Waals surface area (Å²) in [5, 5.41) is 10.6. The average molecular weight is 481 g/mol. The quantitative estimate of drug-likeness (QED) is 0.520. The highest BCUT2D eigenvalue weighted by Gasteiger charge is 2.53. The van der Waals surface area contributed by atoms with Crippen molar-refractivity contribution in [2.75, 3.05) is 4.90 Å². The molecule has 1 aliphatic carbocycles. The molecule has 168 valence electrons. The Morgan fingerprint density at radius 3 is 2.85 bits per heavy atom. The number of amides is 1. The van der Waals surface area contributed by atoms with E-state index in [1.165, 1.54) is 11.3 Å². The highest BCUT2D eigenvalue weighted by atomic mass is 35.5. The summed E-state index contributed by atoms with van der Waals surface area (Å²) in [6.07, 6.45) is 1.59. The van der Waals surface area contributed by atoms with E-state index >= 15 is 0 Å². The Balaban J connectivity index is 1.51. The lowest BCUT2D eigenvalue weighted by atomic mass is 9.77. The first kappa shape index (κ1) is 20.7. The molecular weight excluding hydrogens is 460 g/mol. The molecule has 0 saturated heterocycles. The number of hydrogen-bond donors (Lipinski definition) is 1. The van der Waals surface area contributed by atoms with E-state index in [-0.39, 0.29) is 40.6 Å². The third-order valence-electron chi connectivity index (χ3n) is 6.71. The van der Waals surface area contributed by atoms with E-state index in [0.29, 0.717) is 29.1 Å². The smallest absolute Gasteiger partial charge is 0.296 e. The molecule has 1 amide bonds. The van der Waals surface area contributed by atoms with Crippen LogP contribution in [-0.4, -0.2) is 33.3 Å². The normalized spacial score (nSPS) is 27.0. The van der Waals surface area contributed by atoms with Gasteiger partial charge in [-0.3, -0.25) is 14.5 Å². The van der Waals surface area contributed by atoms with Gasteiger partial charge >= 0.3 is 0 Å². The third-order valence-corrected chi connectivity index (χ3v) is 8.12. The van der Waals surface area contributed by atoms with E-state index < -0.39 is 6.04 Å². The number of fused-ring (bicyclic) bond motifs is 2. The maximum atomic E-state index is 13.7. The van der Waals surface area contributed by atoms with Crippen LogP contribution < -0.4 is 4.90 Å². The number of aromatic hydroxyl groups is 1. The van der Waals surface area contributed by atoms with E-state index in [4.69, 9.17) is 21.3 Å². The number of aromatic nitrogens is 1. The van der Waals surface area contributed by atoms with Crippen LogP contribution in [0.1, 0.15) is 36.4 Å². The fraction of sp³-hybridized carbons (Fsp3) is 0.320. The van der Waals surface area contributed by atoms with Crippen LogP contribution in [0.4, 0.5) is 5.13 Å². The summed E-state index contributed by atoms with van der Waals surface area (Å²) < 4.78 is 7.16. The Morgan fingerprint density at radius 2 is 2.03 bits per heavy atom. The number of hydrogen-bond acceptors (Lipinski definition) is 6. The number of carbonyl (C=O) groups excluding carboxylic acids is 2. The number of phenols is 1. The molecule has 0 spiro atoms. The zero-order valence-corrected chi connectivity index (χ0v) is 19.4. The number of aryl methyl sites for hydroxylation is 1. The number of nitrogens with zero attached hydrogens (tertiary/aromatic N) is 2. The van der Waals surface area contributed by atoms with Crippen LogP contribution >= 0.6 is 22.9 Å². The number of alkyl halides is 1. The second-order valence-corrected chi connectivity index (χ2v) is 10.5. The number of phenolic OH excluding ortho intramolecular Hbond substituents is 1. The number of ether oxygens (including phenoxy) is 1. The van der Waals surface area contributed by atoms with Gasteiger partial charge in [-0.15, -0.1) is 11.6 Å². The first-order chi connectivity index (χ1) is 15.9. The molecule has 0 radical (unpaired) electrons. The standard InChI is InChI=1S/C25H21ClN2O4S/c1-12-5-7-17-19(9-12)33-25(27-17)28-21(13-3-2-4-15(29)10-13)20-22(30)16-11-14(26)6-8-18(16)32-23(20)24(28)31/h2-5,7,9-10,14,16,18,21,29H,6,8,11H2,1H3. The zero-order chi connectivity index (χ0) is 22.9. The van der Waals surface area contributed by atoms with Gasteiger partial charge in [-0.1, -0.05) is 29.5 Å². The van der Waals surface area contributed by atoms with Gasteiger partial charge in [-0.25, -0.2) is 4.98 Å². The van der Waals surface area contributed by atoms with Crippen LogP contribution in [0.2, 0.25) is 0 Å². The Morgan fingerprint density at radius 1 is 1.18 bits per heavy atom. The van der Waals surface area contributed by atoms with Crippen molar-refractivity contribution in [3.8, 4) is 5.75 Å². The lowest BCUT2D eigenvalue weighted by molar-refractivity contribution is -0.131. The van der Waals surface area contributed by atoms with Crippen LogP contribution in [0, 0.1) is 12.8 Å². The van der Waals surface area contributed by atoms with Crippen molar-refractivity contribution in [1.82, 2.24) is 4.98 Å². The highest BCUT2D eigenvalue weighted by Crippen LogP contribution is 2.50. The number of halogens is 1. The maximum Gasteiger partial charge on any atom is 0.296 e. The Kier molecular flexibility index (Phi) is 4.74. The molecule has 4 unspecified atom stereocenters. The SMILES string of the molecule is Cc1ccc2nc(N3C(=O)C4=C(C(=O)C5CC(Cl)CCC5O4)C3c3cccc(O)c3)sc2c1. The molecule has 1 N–H and O–H groups in total. The number of thiazole rings is 1. The predicted molar refractivity (Wildman–Crippen MR) is 127 cm³/mol. The molecule has 4 atom stereocenters. The molecule has 6 rings (SSSR count). The molecule has 2 aliphatic heterocycles. The van der Waals surface area contributed by atoms with E-state index in [2.05, 4.69) is 0 Å². The van der Waals surface area contributed by atoms with Gasteiger partial charge in [0, 0.05) is 5.38 Å². The van der Waals surface area contributed by atoms with Crippen LogP contribution in [0.3, 0.4) is 0 Å². The number of benzene rings is 2. The van der Waals surface area contributed by atoms with E-state index in [1.54, 1.807) is 23.1 Å². The van der Waals surface area contributed by atoms with E-state index in [9.17, 15) is 14.7 Å². The molecule has 3 aliphatic rings. The van der Waals surface area contributed by atoms with Gasteiger partial charge in [0.1, 0.15) is 11.9 Å². The fourth-order valence-electron chi connectivity index (χ4n) is 5.15. The number of Topliss-reactive ketones (excluding diaryl/α,β-unsaturated/α-hetero) is 1. The van der Waals surface area contributed by atoms with Crippen LogP contribution in [0.25, 0.3) is 10.2 Å². The van der Waals surface area contributed by atoms with Crippen molar-refractivity contribution < 1.29 is 19.4 Å². The minimum Gasteiger partial charge on any atom is -0.508 e. The lowest BCUT2D eigenvalue weighted by Gasteiger charge is -2.37. The van der Waals surface area contributed by atoms with Gasteiger partial charge in [0.15, 0.2) is 16.7 Å². The molecule has 3 aromatic rings. The molecule has 8 heteroatoms. The van der Waals surface area contributed by atoms with Crippen molar-refractivity contribution >= 4 is 50.0 Å². The van der Waals surface area contributed by atoms with Crippen molar-refractivity contribution in [1.29, 1.82) is 0 Å². The van der Waals surface area contributed by atoms with Crippen molar-refractivity contribution in [2.45, 2.75) is 43.7 Å². The number of ketones is 1. The van der Waals surface area contributed by atoms with Crippen LogP contribution in [-0.2, 0) is 14.3 Å². The van der Waals surface area contributed by atoms with Gasteiger partial charge in [-0.2, -0.15) is 0 Å². The second-order valence-electron chi connectivity index (χ2n) is 8.92. The third kappa shape index (κ3) is 3.25. The molecule has 33 heavy (non-hydrogen) atoms. The van der Waals surface area contributed by atoms with Crippen molar-refractivity contribution in [2.24, 2.45) is 5.92 Å². The first-order valence-electron chi connectivity index (χ1n) is 11.0. The molecular formula is C25H21ClN2O4S. The molecule has 1 fully saturated rings. The number of rotatable bonds is 2. The number of anilines is 1. The summed E-state index contributed by atoms with van der Waals surface area (Å²) in [7, 11) is 0. The van der Waals surface area contributed by atoms with Gasteiger partial charge in [0.2, 0.25) is 0 Å². The maximum absolute atomic E-state index is 13.7. The number of carbonyl (C=O) groups is 2. The summed E-state index contributed by atoms with van der Waals surface area (Å²) in [5.74, 6) is -0.653. The fourth-order valence-corrected chi connectivity index (χ4v) is 6.55. The van der Waals surface area contributed by atoms with Crippen LogP contribution in [0.5, 0.6) is 5.75 Å². The molecule has 3 heterocycles. The second kappa shape index (κ2) is 7.57. The minimum absolute atomic E-state index is 0.0643. The predicted octanol–water partition coefficient (Wildman–Crippen LogP) is 5.03. The van der Waals surface area contributed by atoms with Crippen molar-refractivity contribution in [3.05, 3.63) is 64.9 Å². The molecule has 1 aromatic heterocycles. The lowest BCUT2D eigenvalue weighted by Crippen LogP contribution is -2.41. The molecule has 1 saturated carbocycles. The van der Waals surface area contributed by atoms with Gasteiger partial charge in [0.25, 0.3) is 5.91 Å². The zero-order valence-electron chi connectivity index (χ0n) is 17.8. The average Bonchev–Trinajstić information content (AvgIpc) is 3.32. The van der Waals surface area contributed by atoms with Gasteiger partial charge < -0.3 is 9.84 Å². The molecule has 0 bridgehead atoms. The summed E-state index contributed by atoms with van der Waals surface area (Å²) in [6.45, 7) is 2.01. The van der Waals surface area contributed by atoms with Gasteiger partial charge in [0.05, 0.1) is 27.7 Å². The summed E-state index contributed by atoms with van der Waals surface area (Å²) in [5.41, 5.74) is 2.87. The first-order valence-corrected chi connectivity index (χ1v) is 12.2. The molecule has 2 aromatic carbocycles. The molecule has 6 nitrogen and oxygen atoms in total. The Hall–Kier alpha value is -2.90. The van der Waals surface area contributed by atoms with Gasteiger partial charge in [-0.05, 0) is 61.6 Å². The summed E-state index contributed by atoms with van der Waals surface area (Å²) in [4.78, 5) is 33.7. The largest absolute Gasteiger partial charge is 0.508 e. The Labute approximate surface area is 199 Å². The summed E-state index contributed by atoms with van der Waals surface area (Å²) in [6, 6.07) is 11.9. The summed E-state index contributed by atoms with van der Waals surface area (Å²) >= 11 is 7.79. The topological polar surface area (TPSA) is 79.7 Å². The van der Waals surface area contributed by atoms with E-state index in [0.717, 1.165) is 22.2 Å². The monoisotopic (exact) mass is 480 g/mol. The highest BCUT2D eigenvalue weighted by molar-refractivity contribution is 7.22. The minimum atomic E-state index is -0.717.